The molecule has 3 aliphatic rings. The Morgan fingerprint density at radius 3 is 2.55 bits per heavy atom. The van der Waals surface area contributed by atoms with Gasteiger partial charge in [-0.2, -0.15) is 4.99 Å². The van der Waals surface area contributed by atoms with E-state index in [0.717, 1.165) is 27.7 Å². The summed E-state index contributed by atoms with van der Waals surface area (Å²) in [5, 5.41) is 0. The molecule has 20 heavy (non-hydrogen) atoms. The molecule has 0 aromatic heterocycles. The molecule has 1 aromatic rings. The van der Waals surface area contributed by atoms with Crippen LogP contribution in [0.2, 0.25) is 0 Å². The number of nitrogens with zero attached hydrogens (tertiary/aromatic N) is 2. The van der Waals surface area contributed by atoms with Crippen molar-refractivity contribution in [2.45, 2.75) is 0 Å². The van der Waals surface area contributed by atoms with E-state index >= 15 is 0 Å². The van der Waals surface area contributed by atoms with E-state index in [4.69, 9.17) is 4.99 Å². The van der Waals surface area contributed by atoms with Crippen LogP contribution < -0.4 is 17.3 Å². The summed E-state index contributed by atoms with van der Waals surface area (Å²) in [5.41, 5.74) is 4.48. The fourth-order valence-electron chi connectivity index (χ4n) is 2.41. The van der Waals surface area contributed by atoms with Gasteiger partial charge in [-0.3, -0.25) is 4.99 Å². The summed E-state index contributed by atoms with van der Waals surface area (Å²) in [6.07, 6.45) is 12.0. The maximum Gasteiger partial charge on any atom is 0.243 e. The fourth-order valence-corrected chi connectivity index (χ4v) is 2.41. The zero-order chi connectivity index (χ0) is 12.7. The first-order chi connectivity index (χ1) is 9.43. The van der Waals surface area contributed by atoms with Crippen molar-refractivity contribution in [3.05, 3.63) is 83.5 Å². The normalized spacial score (nSPS) is 21.9. The number of quaternary nitrogens is 1. The van der Waals surface area contributed by atoms with Crippen molar-refractivity contribution in [1.29, 1.82) is 0 Å². The molecule has 1 atom stereocenters. The average Bonchev–Trinajstić information content (AvgIpc) is 2.78. The second-order valence-electron chi connectivity index (χ2n) is 4.58. The second kappa shape index (κ2) is 5.04. The van der Waals surface area contributed by atoms with E-state index in [1.165, 1.54) is 5.57 Å². The molecule has 0 saturated heterocycles. The van der Waals surface area contributed by atoms with Crippen LogP contribution in [0.25, 0.3) is 0 Å². The highest BCUT2D eigenvalue weighted by Crippen LogP contribution is 2.24. The number of hydrogen-bond donors (Lipinski definition) is 1. The van der Waals surface area contributed by atoms with Gasteiger partial charge in [-0.15, -0.1) is 0 Å². The molecular weight excluding hydrogens is 270 g/mol. The summed E-state index contributed by atoms with van der Waals surface area (Å²) in [7, 11) is 0. The molecule has 1 aliphatic carbocycles. The predicted molar refractivity (Wildman–Crippen MR) is 75.8 cm³/mol. The molecule has 0 saturated carbocycles. The minimum atomic E-state index is 0. The van der Waals surface area contributed by atoms with E-state index < -0.39 is 0 Å². The van der Waals surface area contributed by atoms with Crippen LogP contribution in [0, 0.1) is 0 Å². The Morgan fingerprint density at radius 2 is 1.85 bits per heavy atom. The molecule has 2 heterocycles. The lowest BCUT2D eigenvalue weighted by Crippen LogP contribution is -3.08. The lowest BCUT2D eigenvalue weighted by molar-refractivity contribution is -0.689. The topological polar surface area (TPSA) is 29.2 Å². The lowest BCUT2D eigenvalue weighted by atomic mass is 10.0. The molecule has 0 spiro atoms. The van der Waals surface area contributed by atoms with Gasteiger partial charge in [0.15, 0.2) is 5.70 Å². The Kier molecular flexibility index (Phi) is 3.22. The average molecular weight is 282 g/mol. The van der Waals surface area contributed by atoms with Gasteiger partial charge in [-0.25, -0.2) is 4.90 Å². The second-order valence-corrected chi connectivity index (χ2v) is 4.58. The highest BCUT2D eigenvalue weighted by atomic mass is 35.5. The van der Waals surface area contributed by atoms with Gasteiger partial charge in [0.1, 0.15) is 11.9 Å². The van der Waals surface area contributed by atoms with Crippen molar-refractivity contribution in [2.75, 3.05) is 0 Å². The summed E-state index contributed by atoms with van der Waals surface area (Å²) < 4.78 is 0. The summed E-state index contributed by atoms with van der Waals surface area (Å²) in [4.78, 5) is 10.2. The van der Waals surface area contributed by atoms with Crippen LogP contribution in [0.1, 0.15) is 5.56 Å². The van der Waals surface area contributed by atoms with Crippen LogP contribution in [0.5, 0.6) is 0 Å². The van der Waals surface area contributed by atoms with Gasteiger partial charge in [0, 0.05) is 5.57 Å². The number of aliphatic imine (C=N–C) groups is 2. The molecule has 1 aromatic carbocycles. The standard InChI is InChI=1S/C16H11N3.ClH/c1-2-5-13(6-3-1)16-18-15(12-7-4-8-12)14-11-17-9-10-19(14)16;/h1-11H;1H. The SMILES string of the molecule is C1=CC(C2=C3C=NC=C[NH+]3C(c3ccccc3)=N2)=C1.[Cl-]. The maximum absolute atomic E-state index is 4.82. The van der Waals surface area contributed by atoms with Crippen molar-refractivity contribution < 1.29 is 17.3 Å². The summed E-state index contributed by atoms with van der Waals surface area (Å²) in [5.74, 6) is 1.04. The Morgan fingerprint density at radius 1 is 1.05 bits per heavy atom. The maximum atomic E-state index is 4.82. The zero-order valence-electron chi connectivity index (χ0n) is 10.6. The number of hydrogen-bond acceptors (Lipinski definition) is 2. The van der Waals surface area contributed by atoms with Crippen LogP contribution in [-0.2, 0) is 0 Å². The van der Waals surface area contributed by atoms with E-state index in [-0.39, 0.29) is 12.4 Å². The molecule has 0 bridgehead atoms. The molecule has 3 nitrogen and oxygen atoms in total. The number of benzene rings is 1. The highest BCUT2D eigenvalue weighted by molar-refractivity contribution is 5.99. The van der Waals surface area contributed by atoms with Gasteiger partial charge < -0.3 is 12.4 Å². The van der Waals surface area contributed by atoms with Crippen LogP contribution in [0.3, 0.4) is 0 Å². The van der Waals surface area contributed by atoms with Gasteiger partial charge in [0.05, 0.1) is 18.0 Å². The Balaban J connectivity index is 0.00000121. The van der Waals surface area contributed by atoms with E-state index in [0.29, 0.717) is 0 Å². The summed E-state index contributed by atoms with van der Waals surface area (Å²) in [6, 6.07) is 10.3. The summed E-state index contributed by atoms with van der Waals surface area (Å²) >= 11 is 0. The van der Waals surface area contributed by atoms with Gasteiger partial charge in [-0.05, 0) is 12.1 Å². The van der Waals surface area contributed by atoms with Crippen molar-refractivity contribution >= 4 is 12.1 Å². The molecule has 0 radical (unpaired) electrons. The van der Waals surface area contributed by atoms with Crippen LogP contribution in [0.4, 0.5) is 0 Å². The molecule has 0 fully saturated rings. The molecule has 98 valence electrons. The smallest absolute Gasteiger partial charge is 0.243 e. The molecule has 4 heteroatoms. The fraction of sp³-hybridized carbons (Fsp3) is 0. The van der Waals surface area contributed by atoms with Crippen molar-refractivity contribution in [2.24, 2.45) is 9.98 Å². The Labute approximate surface area is 123 Å². The molecule has 1 unspecified atom stereocenters. The van der Waals surface area contributed by atoms with E-state index in [2.05, 4.69) is 29.3 Å². The number of amidine groups is 1. The Hall–Kier alpha value is -2.23. The quantitative estimate of drug-likeness (QED) is 0.691. The van der Waals surface area contributed by atoms with Gasteiger partial charge >= 0.3 is 0 Å². The molecule has 4 rings (SSSR count). The third-order valence-corrected chi connectivity index (χ3v) is 3.43. The molecule has 1 N–H and O–H groups in total. The first kappa shape index (κ1) is 12.8. The monoisotopic (exact) mass is 281 g/mol. The highest BCUT2D eigenvalue weighted by Gasteiger charge is 2.34. The van der Waals surface area contributed by atoms with Crippen LogP contribution in [-0.4, -0.2) is 12.1 Å². The van der Waals surface area contributed by atoms with Gasteiger partial charge in [-0.1, -0.05) is 36.4 Å². The van der Waals surface area contributed by atoms with Crippen LogP contribution >= 0.6 is 0 Å². The van der Waals surface area contributed by atoms with E-state index in [9.17, 15) is 0 Å². The van der Waals surface area contributed by atoms with Crippen molar-refractivity contribution in [3.8, 4) is 0 Å². The van der Waals surface area contributed by atoms with Gasteiger partial charge in [0.2, 0.25) is 5.84 Å². The zero-order valence-corrected chi connectivity index (χ0v) is 11.4. The number of rotatable bonds is 2. The third-order valence-electron chi connectivity index (χ3n) is 3.43. The number of nitrogens with one attached hydrogen (secondary N) is 1. The number of halogens is 1. The largest absolute Gasteiger partial charge is 1.00 e. The molecule has 2 aliphatic heterocycles. The first-order valence-electron chi connectivity index (χ1n) is 6.28. The number of fused-ring (bicyclic) bond motifs is 1. The number of allylic oxidation sites excluding steroid dienone is 4. The van der Waals surface area contributed by atoms with E-state index in [1.807, 2.05) is 42.9 Å². The summed E-state index contributed by atoms with van der Waals surface area (Å²) in [6.45, 7) is 0. The minimum absolute atomic E-state index is 0. The van der Waals surface area contributed by atoms with Crippen molar-refractivity contribution in [1.82, 2.24) is 0 Å². The third kappa shape index (κ3) is 1.88. The van der Waals surface area contributed by atoms with Crippen molar-refractivity contribution in [3.63, 3.8) is 0 Å². The minimum Gasteiger partial charge on any atom is -1.00 e. The predicted octanol–water partition coefficient (Wildman–Crippen LogP) is -1.40. The van der Waals surface area contributed by atoms with E-state index in [1.54, 1.807) is 0 Å². The van der Waals surface area contributed by atoms with Gasteiger partial charge in [0.25, 0.3) is 0 Å². The van der Waals surface area contributed by atoms with Crippen LogP contribution in [0.15, 0.2) is 87.9 Å². The Bertz CT molecular complexity index is 721. The molecular formula is C16H12ClN3. The molecule has 0 amide bonds. The lowest BCUT2D eigenvalue weighted by Gasteiger charge is -2.13. The first-order valence-corrected chi connectivity index (χ1v) is 6.28.